The summed E-state index contributed by atoms with van der Waals surface area (Å²) in [5.41, 5.74) is 0. The third-order valence-corrected chi connectivity index (χ3v) is 4.05. The summed E-state index contributed by atoms with van der Waals surface area (Å²) in [6.07, 6.45) is 4.87. The Balaban J connectivity index is 1.69. The number of amides is 1. The van der Waals surface area contributed by atoms with E-state index in [0.717, 1.165) is 5.82 Å². The highest BCUT2D eigenvalue weighted by Gasteiger charge is 2.30. The summed E-state index contributed by atoms with van der Waals surface area (Å²) in [5.74, 6) is 1.75. The van der Waals surface area contributed by atoms with Crippen LogP contribution in [0.4, 0.5) is 0 Å². The number of hydrogen-bond acceptors (Lipinski definition) is 5. The molecule has 0 aliphatic carbocycles. The first-order valence-corrected chi connectivity index (χ1v) is 7.86. The van der Waals surface area contributed by atoms with Crippen LogP contribution in [0.2, 0.25) is 0 Å². The molecule has 23 heavy (non-hydrogen) atoms. The molecule has 2 atom stereocenters. The van der Waals surface area contributed by atoms with Crippen LogP contribution in [0.5, 0.6) is 0 Å². The molecular formula is C15H22N6O2. The van der Waals surface area contributed by atoms with Gasteiger partial charge in [-0.05, 0) is 6.92 Å². The summed E-state index contributed by atoms with van der Waals surface area (Å²) < 4.78 is 7.56. The molecule has 3 rings (SSSR count). The maximum atomic E-state index is 12.7. The van der Waals surface area contributed by atoms with E-state index in [1.165, 1.54) is 0 Å². The Hall–Kier alpha value is -2.22. The second-order valence-electron chi connectivity index (χ2n) is 6.06. The molecule has 1 N–H and O–H groups in total. The number of aromatic amines is 1. The zero-order valence-electron chi connectivity index (χ0n) is 13.6. The zero-order valence-corrected chi connectivity index (χ0v) is 13.6. The third-order valence-electron chi connectivity index (χ3n) is 4.05. The molecule has 1 aliphatic heterocycles. The van der Waals surface area contributed by atoms with Crippen molar-refractivity contribution in [2.45, 2.75) is 38.8 Å². The SMILES string of the molecule is CC(C)c1n[nH]c(C2CN(C(=O)C(C)n3ccnc3)CCO2)n1. The number of nitrogens with one attached hydrogen (secondary N) is 1. The topological polar surface area (TPSA) is 88.9 Å². The number of morpholine rings is 1. The second-order valence-corrected chi connectivity index (χ2v) is 6.06. The van der Waals surface area contributed by atoms with Gasteiger partial charge < -0.3 is 14.2 Å². The molecule has 0 spiro atoms. The molecule has 8 heteroatoms. The van der Waals surface area contributed by atoms with Crippen molar-refractivity contribution in [2.24, 2.45) is 0 Å². The number of aromatic nitrogens is 5. The highest BCUT2D eigenvalue weighted by molar-refractivity contribution is 5.80. The second kappa shape index (κ2) is 6.49. The predicted octanol–water partition coefficient (Wildman–Crippen LogP) is 1.29. The van der Waals surface area contributed by atoms with Gasteiger partial charge in [-0.3, -0.25) is 9.89 Å². The van der Waals surface area contributed by atoms with Gasteiger partial charge in [-0.1, -0.05) is 13.8 Å². The van der Waals surface area contributed by atoms with E-state index in [1.54, 1.807) is 23.3 Å². The van der Waals surface area contributed by atoms with Gasteiger partial charge in [0.2, 0.25) is 5.91 Å². The number of carbonyl (C=O) groups is 1. The molecule has 0 saturated carbocycles. The lowest BCUT2D eigenvalue weighted by Crippen LogP contribution is -2.45. The van der Waals surface area contributed by atoms with E-state index < -0.39 is 0 Å². The lowest BCUT2D eigenvalue weighted by atomic mass is 10.2. The van der Waals surface area contributed by atoms with Crippen LogP contribution in [-0.2, 0) is 9.53 Å². The van der Waals surface area contributed by atoms with E-state index in [2.05, 4.69) is 20.2 Å². The Bertz CT molecular complexity index is 651. The average Bonchev–Trinajstić information content (AvgIpc) is 3.25. The van der Waals surface area contributed by atoms with Crippen LogP contribution in [0, 0.1) is 0 Å². The van der Waals surface area contributed by atoms with Gasteiger partial charge in [-0.25, -0.2) is 9.97 Å². The number of H-pyrrole nitrogens is 1. The Morgan fingerprint density at radius 2 is 2.26 bits per heavy atom. The van der Waals surface area contributed by atoms with Gasteiger partial charge in [0.05, 0.1) is 19.5 Å². The Kier molecular flexibility index (Phi) is 4.42. The minimum atomic E-state index is -0.280. The molecule has 2 aromatic rings. The van der Waals surface area contributed by atoms with Crippen molar-refractivity contribution >= 4 is 5.91 Å². The van der Waals surface area contributed by atoms with Crippen molar-refractivity contribution < 1.29 is 9.53 Å². The van der Waals surface area contributed by atoms with E-state index >= 15 is 0 Å². The molecule has 1 aliphatic rings. The highest BCUT2D eigenvalue weighted by atomic mass is 16.5. The largest absolute Gasteiger partial charge is 0.367 e. The molecule has 1 fully saturated rings. The van der Waals surface area contributed by atoms with Crippen molar-refractivity contribution in [1.29, 1.82) is 0 Å². The van der Waals surface area contributed by atoms with Crippen LogP contribution in [0.1, 0.15) is 50.5 Å². The standard InChI is InChI=1S/C15H22N6O2/c1-10(2)13-17-14(19-18-13)12-8-20(6-7-23-12)15(22)11(3)21-5-4-16-9-21/h4-5,9-12H,6-8H2,1-3H3,(H,17,18,19). The predicted molar refractivity (Wildman–Crippen MR) is 82.7 cm³/mol. The minimum absolute atomic E-state index is 0.0555. The molecule has 2 unspecified atom stereocenters. The molecule has 124 valence electrons. The maximum absolute atomic E-state index is 12.7. The van der Waals surface area contributed by atoms with Crippen LogP contribution >= 0.6 is 0 Å². The molecule has 0 radical (unpaired) electrons. The van der Waals surface area contributed by atoms with Crippen LogP contribution in [-0.4, -0.2) is 55.2 Å². The van der Waals surface area contributed by atoms with Crippen LogP contribution in [0.25, 0.3) is 0 Å². The van der Waals surface area contributed by atoms with E-state index in [4.69, 9.17) is 4.74 Å². The molecule has 0 aromatic carbocycles. The van der Waals surface area contributed by atoms with Crippen molar-refractivity contribution in [3.05, 3.63) is 30.4 Å². The fourth-order valence-electron chi connectivity index (χ4n) is 2.60. The highest BCUT2D eigenvalue weighted by Crippen LogP contribution is 2.22. The molecule has 0 bridgehead atoms. The first-order chi connectivity index (χ1) is 11.1. The van der Waals surface area contributed by atoms with Crippen molar-refractivity contribution in [2.75, 3.05) is 19.7 Å². The van der Waals surface area contributed by atoms with Crippen LogP contribution < -0.4 is 0 Å². The van der Waals surface area contributed by atoms with Crippen molar-refractivity contribution in [3.8, 4) is 0 Å². The van der Waals surface area contributed by atoms with Gasteiger partial charge in [0.25, 0.3) is 0 Å². The van der Waals surface area contributed by atoms with Crippen LogP contribution in [0.3, 0.4) is 0 Å². The maximum Gasteiger partial charge on any atom is 0.245 e. The number of imidazole rings is 1. The number of carbonyl (C=O) groups excluding carboxylic acids is 1. The third kappa shape index (κ3) is 3.26. The van der Waals surface area contributed by atoms with E-state index in [9.17, 15) is 4.79 Å². The van der Waals surface area contributed by atoms with Gasteiger partial charge in [-0.15, -0.1) is 0 Å². The van der Waals surface area contributed by atoms with Crippen molar-refractivity contribution in [3.63, 3.8) is 0 Å². The number of ether oxygens (including phenoxy) is 1. The lowest BCUT2D eigenvalue weighted by Gasteiger charge is -2.33. The monoisotopic (exact) mass is 318 g/mol. The summed E-state index contributed by atoms with van der Waals surface area (Å²) in [6, 6.07) is -0.280. The van der Waals surface area contributed by atoms with Gasteiger partial charge in [-0.2, -0.15) is 5.10 Å². The fourth-order valence-corrected chi connectivity index (χ4v) is 2.60. The van der Waals surface area contributed by atoms with Crippen molar-refractivity contribution in [1.82, 2.24) is 29.6 Å². The van der Waals surface area contributed by atoms with E-state index in [0.29, 0.717) is 25.5 Å². The summed E-state index contributed by atoms with van der Waals surface area (Å²) in [7, 11) is 0. The molecular weight excluding hydrogens is 296 g/mol. The van der Waals surface area contributed by atoms with Gasteiger partial charge in [0.1, 0.15) is 12.1 Å². The molecule has 2 aromatic heterocycles. The zero-order chi connectivity index (χ0) is 16.4. The normalized spacial score (nSPS) is 20.0. The van der Waals surface area contributed by atoms with E-state index in [-0.39, 0.29) is 24.0 Å². The Morgan fingerprint density at radius 3 is 2.91 bits per heavy atom. The molecule has 8 nitrogen and oxygen atoms in total. The first kappa shape index (κ1) is 15.7. The number of nitrogens with zero attached hydrogens (tertiary/aromatic N) is 5. The number of hydrogen-bond donors (Lipinski definition) is 1. The summed E-state index contributed by atoms with van der Waals surface area (Å²) in [5, 5.41) is 7.14. The smallest absolute Gasteiger partial charge is 0.245 e. The molecule has 1 saturated heterocycles. The first-order valence-electron chi connectivity index (χ1n) is 7.86. The van der Waals surface area contributed by atoms with Crippen LogP contribution in [0.15, 0.2) is 18.7 Å². The fraction of sp³-hybridized carbons (Fsp3) is 0.600. The summed E-state index contributed by atoms with van der Waals surface area (Å²) >= 11 is 0. The quantitative estimate of drug-likeness (QED) is 0.917. The minimum Gasteiger partial charge on any atom is -0.367 e. The lowest BCUT2D eigenvalue weighted by molar-refractivity contribution is -0.142. The van der Waals surface area contributed by atoms with Gasteiger partial charge >= 0.3 is 0 Å². The number of rotatable bonds is 4. The Labute approximate surface area is 134 Å². The van der Waals surface area contributed by atoms with E-state index in [1.807, 2.05) is 25.7 Å². The van der Waals surface area contributed by atoms with Gasteiger partial charge in [0, 0.05) is 24.9 Å². The van der Waals surface area contributed by atoms with Gasteiger partial charge in [0.15, 0.2) is 11.6 Å². The Morgan fingerprint density at radius 1 is 1.43 bits per heavy atom. The molecule has 1 amide bonds. The average molecular weight is 318 g/mol. The molecule has 3 heterocycles. The summed E-state index contributed by atoms with van der Waals surface area (Å²) in [4.78, 5) is 23.0. The summed E-state index contributed by atoms with van der Waals surface area (Å²) in [6.45, 7) is 7.50.